The van der Waals surface area contributed by atoms with E-state index in [2.05, 4.69) is 53.3 Å². The molecule has 94 valence electrons. The Morgan fingerprint density at radius 3 is 2.47 bits per heavy atom. The summed E-state index contributed by atoms with van der Waals surface area (Å²) in [5.41, 5.74) is 4.32. The van der Waals surface area contributed by atoms with Crippen LogP contribution in [0.15, 0.2) is 42.5 Å². The first-order valence-electron chi connectivity index (χ1n) is 6.20. The quantitative estimate of drug-likeness (QED) is 0.653. The summed E-state index contributed by atoms with van der Waals surface area (Å²) < 4.78 is 0.527. The third-order valence-electron chi connectivity index (χ3n) is 3.17. The van der Waals surface area contributed by atoms with Crippen LogP contribution < -0.4 is 0 Å². The Morgan fingerprint density at radius 1 is 0.947 bits per heavy atom. The summed E-state index contributed by atoms with van der Waals surface area (Å²) in [6.07, 6.45) is 0. The maximum absolute atomic E-state index is 5.13. The Morgan fingerprint density at radius 2 is 1.68 bits per heavy atom. The molecule has 0 radical (unpaired) electrons. The van der Waals surface area contributed by atoms with E-state index in [0.717, 1.165) is 17.0 Å². The minimum atomic E-state index is 0.527. The summed E-state index contributed by atoms with van der Waals surface area (Å²) in [4.78, 5) is 7.42. The van der Waals surface area contributed by atoms with Gasteiger partial charge in [0.1, 0.15) is 0 Å². The minimum Gasteiger partial charge on any atom is -0.335 e. The van der Waals surface area contributed by atoms with Gasteiger partial charge in [-0.2, -0.15) is 0 Å². The van der Waals surface area contributed by atoms with Gasteiger partial charge in [0, 0.05) is 11.3 Å². The molecule has 0 bridgehead atoms. The van der Waals surface area contributed by atoms with Crippen molar-refractivity contribution in [2.75, 3.05) is 0 Å². The zero-order chi connectivity index (χ0) is 13.4. The van der Waals surface area contributed by atoms with Crippen LogP contribution in [0.2, 0.25) is 0 Å². The van der Waals surface area contributed by atoms with Gasteiger partial charge in [-0.1, -0.05) is 35.9 Å². The summed E-state index contributed by atoms with van der Waals surface area (Å²) >= 11 is 5.13. The van der Waals surface area contributed by atoms with Gasteiger partial charge in [-0.05, 0) is 49.0 Å². The van der Waals surface area contributed by atoms with E-state index in [-0.39, 0.29) is 0 Å². The molecule has 2 nitrogen and oxygen atoms in total. The van der Waals surface area contributed by atoms with E-state index < -0.39 is 0 Å². The van der Waals surface area contributed by atoms with Crippen molar-refractivity contribution in [3.63, 3.8) is 0 Å². The number of hydrogen-bond acceptors (Lipinski definition) is 2. The second-order valence-corrected chi connectivity index (χ2v) is 5.21. The number of rotatable bonds is 1. The first-order valence-corrected chi connectivity index (χ1v) is 6.61. The van der Waals surface area contributed by atoms with Crippen LogP contribution >= 0.6 is 12.2 Å². The van der Waals surface area contributed by atoms with Crippen molar-refractivity contribution < 1.29 is 0 Å². The molecule has 1 aromatic heterocycles. The standard InChI is InChI=1S/C16H14N2S/c1-10-3-4-13-9-14(6-5-12(13)7-10)15-8-11(2)17-16(19)18-15/h3-9H,1-2H3,(H,17,18,19). The number of aromatic nitrogens is 2. The lowest BCUT2D eigenvalue weighted by Gasteiger charge is -2.05. The van der Waals surface area contributed by atoms with E-state index in [9.17, 15) is 0 Å². The lowest BCUT2D eigenvalue weighted by atomic mass is 10.0. The molecule has 0 amide bonds. The smallest absolute Gasteiger partial charge is 0.197 e. The van der Waals surface area contributed by atoms with Crippen molar-refractivity contribution in [3.05, 3.63) is 58.5 Å². The summed E-state index contributed by atoms with van der Waals surface area (Å²) in [5, 5.41) is 2.47. The summed E-state index contributed by atoms with van der Waals surface area (Å²) in [6, 6.07) is 14.9. The van der Waals surface area contributed by atoms with Gasteiger partial charge in [0.15, 0.2) is 4.77 Å². The molecule has 3 heteroatoms. The van der Waals surface area contributed by atoms with Gasteiger partial charge in [-0.15, -0.1) is 0 Å². The Kier molecular flexibility index (Phi) is 2.91. The summed E-state index contributed by atoms with van der Waals surface area (Å²) in [6.45, 7) is 4.10. The van der Waals surface area contributed by atoms with Crippen LogP contribution in [0.5, 0.6) is 0 Å². The normalized spacial score (nSPS) is 10.8. The largest absolute Gasteiger partial charge is 0.335 e. The van der Waals surface area contributed by atoms with Gasteiger partial charge < -0.3 is 4.98 Å². The molecule has 1 N–H and O–H groups in total. The van der Waals surface area contributed by atoms with Crippen molar-refractivity contribution in [2.24, 2.45) is 0 Å². The van der Waals surface area contributed by atoms with E-state index in [4.69, 9.17) is 12.2 Å². The minimum absolute atomic E-state index is 0.527. The van der Waals surface area contributed by atoms with E-state index >= 15 is 0 Å². The summed E-state index contributed by atoms with van der Waals surface area (Å²) in [7, 11) is 0. The molecule has 2 aromatic carbocycles. The molecule has 0 saturated carbocycles. The van der Waals surface area contributed by atoms with E-state index in [1.165, 1.54) is 16.3 Å². The number of benzene rings is 2. The Labute approximate surface area is 117 Å². The van der Waals surface area contributed by atoms with Crippen LogP contribution in [0, 0.1) is 18.6 Å². The molecule has 0 aliphatic rings. The van der Waals surface area contributed by atoms with Gasteiger partial charge in [-0.3, -0.25) is 0 Å². The number of nitrogens with zero attached hydrogens (tertiary/aromatic N) is 1. The van der Waals surface area contributed by atoms with Crippen LogP contribution in [-0.4, -0.2) is 9.97 Å². The van der Waals surface area contributed by atoms with Gasteiger partial charge >= 0.3 is 0 Å². The van der Waals surface area contributed by atoms with Crippen LogP contribution in [0.25, 0.3) is 22.0 Å². The molecule has 0 aliphatic carbocycles. The van der Waals surface area contributed by atoms with Crippen molar-refractivity contribution >= 4 is 23.0 Å². The maximum atomic E-state index is 5.13. The first kappa shape index (κ1) is 12.1. The highest BCUT2D eigenvalue weighted by molar-refractivity contribution is 7.71. The average molecular weight is 266 g/mol. The second-order valence-electron chi connectivity index (χ2n) is 4.82. The molecule has 19 heavy (non-hydrogen) atoms. The lowest BCUT2D eigenvalue weighted by molar-refractivity contribution is 1.08. The van der Waals surface area contributed by atoms with Crippen LogP contribution in [-0.2, 0) is 0 Å². The highest BCUT2D eigenvalue weighted by Gasteiger charge is 2.02. The van der Waals surface area contributed by atoms with Gasteiger partial charge in [0.2, 0.25) is 0 Å². The van der Waals surface area contributed by atoms with Crippen LogP contribution in [0.4, 0.5) is 0 Å². The van der Waals surface area contributed by atoms with Gasteiger partial charge in [0.05, 0.1) is 5.69 Å². The van der Waals surface area contributed by atoms with E-state index in [0.29, 0.717) is 4.77 Å². The first-order chi connectivity index (χ1) is 9.11. The second kappa shape index (κ2) is 4.59. The van der Waals surface area contributed by atoms with Crippen LogP contribution in [0.3, 0.4) is 0 Å². The van der Waals surface area contributed by atoms with Crippen LogP contribution in [0.1, 0.15) is 11.3 Å². The lowest BCUT2D eigenvalue weighted by Crippen LogP contribution is -1.90. The zero-order valence-corrected chi connectivity index (χ0v) is 11.7. The Bertz CT molecular complexity index is 818. The van der Waals surface area contributed by atoms with Crippen molar-refractivity contribution in [3.8, 4) is 11.3 Å². The van der Waals surface area contributed by atoms with Crippen molar-refractivity contribution in [1.82, 2.24) is 9.97 Å². The van der Waals surface area contributed by atoms with Gasteiger partial charge in [-0.25, -0.2) is 4.98 Å². The fraction of sp³-hybridized carbons (Fsp3) is 0.125. The molecule has 0 aliphatic heterocycles. The highest BCUT2D eigenvalue weighted by atomic mass is 32.1. The zero-order valence-electron chi connectivity index (χ0n) is 10.9. The van der Waals surface area contributed by atoms with Crippen molar-refractivity contribution in [1.29, 1.82) is 0 Å². The fourth-order valence-electron chi connectivity index (χ4n) is 2.25. The monoisotopic (exact) mass is 266 g/mol. The number of H-pyrrole nitrogens is 1. The number of aromatic amines is 1. The van der Waals surface area contributed by atoms with E-state index in [1.807, 2.05) is 13.0 Å². The summed E-state index contributed by atoms with van der Waals surface area (Å²) in [5.74, 6) is 0. The predicted octanol–water partition coefficient (Wildman–Crippen LogP) is 4.58. The predicted molar refractivity (Wildman–Crippen MR) is 81.8 cm³/mol. The maximum Gasteiger partial charge on any atom is 0.197 e. The van der Waals surface area contributed by atoms with Gasteiger partial charge in [0.25, 0.3) is 0 Å². The van der Waals surface area contributed by atoms with Crippen molar-refractivity contribution in [2.45, 2.75) is 13.8 Å². The fourth-order valence-corrected chi connectivity index (χ4v) is 2.51. The number of aryl methyl sites for hydroxylation is 2. The number of hydrogen-bond donors (Lipinski definition) is 1. The molecule has 0 fully saturated rings. The molecule has 1 heterocycles. The number of nitrogens with one attached hydrogen (secondary N) is 1. The SMILES string of the molecule is Cc1ccc2cc(-c3cc(C)[nH]c(=S)n3)ccc2c1. The molecular formula is C16H14N2S. The molecular weight excluding hydrogens is 252 g/mol. The average Bonchev–Trinajstić information content (AvgIpc) is 2.37. The topological polar surface area (TPSA) is 28.7 Å². The molecule has 3 aromatic rings. The molecule has 0 unspecified atom stereocenters. The highest BCUT2D eigenvalue weighted by Crippen LogP contribution is 2.24. The Balaban J connectivity index is 2.20. The number of fused-ring (bicyclic) bond motifs is 1. The third-order valence-corrected chi connectivity index (χ3v) is 3.36. The molecule has 0 spiro atoms. The Hall–Kier alpha value is -2.00. The molecule has 0 atom stereocenters. The molecule has 3 rings (SSSR count). The molecule has 0 saturated heterocycles. The van der Waals surface area contributed by atoms with E-state index in [1.54, 1.807) is 0 Å². The third kappa shape index (κ3) is 2.42.